The molecule has 2 aromatic heterocycles. The number of halogens is 3. The molecular weight excluding hydrogens is 369 g/mol. The van der Waals surface area contributed by atoms with Crippen molar-refractivity contribution in [2.45, 2.75) is 33.4 Å². The molecule has 0 saturated carbocycles. The topological polar surface area (TPSA) is 44.1 Å². The van der Waals surface area contributed by atoms with Crippen molar-refractivity contribution in [3.05, 3.63) is 63.6 Å². The van der Waals surface area contributed by atoms with E-state index in [1.54, 1.807) is 18.5 Å². The first kappa shape index (κ1) is 19.9. The van der Waals surface area contributed by atoms with E-state index in [4.69, 9.17) is 4.74 Å². The summed E-state index contributed by atoms with van der Waals surface area (Å²) in [4.78, 5) is 16.3. The molecule has 0 amide bonds. The SMILES string of the molecule is COC(=O)c1cnc(C)c(Cc2cc3c(C)cc(C(F)(F)F)cc3n2C)c1C. The van der Waals surface area contributed by atoms with Gasteiger partial charge in [0.15, 0.2) is 0 Å². The summed E-state index contributed by atoms with van der Waals surface area (Å²) in [5.41, 5.74) is 4.05. The zero-order chi connectivity index (χ0) is 20.8. The minimum atomic E-state index is -4.39. The summed E-state index contributed by atoms with van der Waals surface area (Å²) in [6, 6.07) is 4.24. The summed E-state index contributed by atoms with van der Waals surface area (Å²) >= 11 is 0. The van der Waals surface area contributed by atoms with Crippen LogP contribution in [0.15, 0.2) is 24.4 Å². The van der Waals surface area contributed by atoms with E-state index in [-0.39, 0.29) is 0 Å². The second kappa shape index (κ2) is 6.96. The van der Waals surface area contributed by atoms with Crippen molar-refractivity contribution in [2.75, 3.05) is 7.11 Å². The summed E-state index contributed by atoms with van der Waals surface area (Å²) < 4.78 is 46.1. The Bertz CT molecular complexity index is 1080. The van der Waals surface area contributed by atoms with Gasteiger partial charge in [-0.15, -0.1) is 0 Å². The van der Waals surface area contributed by atoms with Gasteiger partial charge in [-0.2, -0.15) is 13.2 Å². The molecule has 4 nitrogen and oxygen atoms in total. The highest BCUT2D eigenvalue weighted by molar-refractivity contribution is 5.91. The van der Waals surface area contributed by atoms with E-state index in [1.807, 2.05) is 19.9 Å². The molecule has 0 fully saturated rings. The Morgan fingerprint density at radius 3 is 2.46 bits per heavy atom. The van der Waals surface area contributed by atoms with Gasteiger partial charge in [-0.25, -0.2) is 4.79 Å². The minimum absolute atomic E-state index is 0.386. The molecule has 0 aliphatic carbocycles. The molecule has 2 heterocycles. The van der Waals surface area contributed by atoms with Gasteiger partial charge in [0.25, 0.3) is 0 Å². The van der Waals surface area contributed by atoms with E-state index in [1.165, 1.54) is 25.4 Å². The number of aryl methyl sites for hydroxylation is 3. The van der Waals surface area contributed by atoms with Gasteiger partial charge in [-0.3, -0.25) is 4.98 Å². The van der Waals surface area contributed by atoms with E-state index in [0.29, 0.717) is 23.1 Å². The lowest BCUT2D eigenvalue weighted by Gasteiger charge is -2.13. The summed E-state index contributed by atoms with van der Waals surface area (Å²) in [5, 5.41) is 0.776. The number of benzene rings is 1. The van der Waals surface area contributed by atoms with E-state index in [0.717, 1.165) is 27.9 Å². The normalized spacial score (nSPS) is 11.9. The maximum atomic E-state index is 13.2. The number of methoxy groups -OCH3 is 1. The van der Waals surface area contributed by atoms with Gasteiger partial charge in [-0.05, 0) is 55.7 Å². The van der Waals surface area contributed by atoms with Crippen molar-refractivity contribution < 1.29 is 22.7 Å². The van der Waals surface area contributed by atoms with Crippen LogP contribution < -0.4 is 0 Å². The highest BCUT2D eigenvalue weighted by atomic mass is 19.4. The number of rotatable bonds is 3. The van der Waals surface area contributed by atoms with Crippen LogP contribution in [-0.2, 0) is 24.4 Å². The molecule has 0 unspecified atom stereocenters. The second-order valence-electron chi connectivity index (χ2n) is 6.95. The fourth-order valence-corrected chi connectivity index (χ4v) is 3.52. The van der Waals surface area contributed by atoms with Gasteiger partial charge in [0.2, 0.25) is 0 Å². The smallest absolute Gasteiger partial charge is 0.416 e. The van der Waals surface area contributed by atoms with Crippen LogP contribution in [0, 0.1) is 20.8 Å². The Labute approximate surface area is 161 Å². The Kier molecular flexibility index (Phi) is 4.95. The summed E-state index contributed by atoms with van der Waals surface area (Å²) in [6.45, 7) is 5.35. The number of alkyl halides is 3. The number of hydrogen-bond acceptors (Lipinski definition) is 3. The van der Waals surface area contributed by atoms with Crippen LogP contribution in [0.5, 0.6) is 0 Å². The largest absolute Gasteiger partial charge is 0.465 e. The van der Waals surface area contributed by atoms with Crippen molar-refractivity contribution in [1.82, 2.24) is 9.55 Å². The van der Waals surface area contributed by atoms with Crippen LogP contribution in [0.4, 0.5) is 13.2 Å². The van der Waals surface area contributed by atoms with E-state index in [2.05, 4.69) is 4.98 Å². The molecule has 0 atom stereocenters. The van der Waals surface area contributed by atoms with Crippen LogP contribution >= 0.6 is 0 Å². The van der Waals surface area contributed by atoms with Crippen molar-refractivity contribution >= 4 is 16.9 Å². The summed E-state index contributed by atoms with van der Waals surface area (Å²) in [5.74, 6) is -0.464. The molecule has 0 radical (unpaired) electrons. The molecule has 3 aromatic rings. The van der Waals surface area contributed by atoms with Crippen LogP contribution in [0.3, 0.4) is 0 Å². The predicted molar refractivity (Wildman–Crippen MR) is 101 cm³/mol. The highest BCUT2D eigenvalue weighted by Crippen LogP contribution is 2.34. The molecule has 3 rings (SSSR count). The molecule has 0 aliphatic heterocycles. The third kappa shape index (κ3) is 3.37. The molecule has 0 aliphatic rings. The third-order valence-corrected chi connectivity index (χ3v) is 5.24. The number of hydrogen-bond donors (Lipinski definition) is 0. The highest BCUT2D eigenvalue weighted by Gasteiger charge is 2.31. The Hall–Kier alpha value is -2.83. The molecule has 0 spiro atoms. The monoisotopic (exact) mass is 390 g/mol. The predicted octanol–water partition coefficient (Wildman–Crippen LogP) is 4.89. The lowest BCUT2D eigenvalue weighted by Crippen LogP contribution is -2.10. The van der Waals surface area contributed by atoms with Crippen molar-refractivity contribution in [3.8, 4) is 0 Å². The third-order valence-electron chi connectivity index (χ3n) is 5.24. The number of carbonyl (C=O) groups excluding carboxylic acids is 1. The summed E-state index contributed by atoms with van der Waals surface area (Å²) in [7, 11) is 3.06. The van der Waals surface area contributed by atoms with Crippen LogP contribution in [-0.4, -0.2) is 22.6 Å². The van der Waals surface area contributed by atoms with Crippen LogP contribution in [0.1, 0.15) is 44.0 Å². The maximum Gasteiger partial charge on any atom is 0.416 e. The number of pyridine rings is 1. The first-order valence-corrected chi connectivity index (χ1v) is 8.74. The summed E-state index contributed by atoms with van der Waals surface area (Å²) in [6.07, 6.45) is -2.46. The first-order chi connectivity index (χ1) is 13.0. The standard InChI is InChI=1S/C21H21F3N2O2/c1-11-6-14(21(22,23)24)7-19-16(11)8-15(26(19)4)9-17-12(2)18(20(27)28-5)10-25-13(17)3/h6-8,10H,9H2,1-5H3. The van der Waals surface area contributed by atoms with Crippen molar-refractivity contribution in [2.24, 2.45) is 7.05 Å². The van der Waals surface area contributed by atoms with Crippen LogP contribution in [0.25, 0.3) is 10.9 Å². The van der Waals surface area contributed by atoms with Gasteiger partial charge in [-0.1, -0.05) is 0 Å². The molecular formula is C21H21F3N2O2. The molecule has 1 aromatic carbocycles. The quantitative estimate of drug-likeness (QED) is 0.598. The average Bonchev–Trinajstić information content (AvgIpc) is 2.94. The Morgan fingerprint density at radius 1 is 1.18 bits per heavy atom. The molecule has 0 saturated heterocycles. The molecule has 7 heteroatoms. The van der Waals surface area contributed by atoms with Crippen LogP contribution in [0.2, 0.25) is 0 Å². The van der Waals surface area contributed by atoms with Gasteiger partial charge < -0.3 is 9.30 Å². The molecule has 0 bridgehead atoms. The molecule has 28 heavy (non-hydrogen) atoms. The number of carbonyl (C=O) groups is 1. The number of aromatic nitrogens is 2. The van der Waals surface area contributed by atoms with Gasteiger partial charge >= 0.3 is 12.1 Å². The number of nitrogens with zero attached hydrogens (tertiary/aromatic N) is 2. The van der Waals surface area contributed by atoms with E-state index in [9.17, 15) is 18.0 Å². The average molecular weight is 390 g/mol. The Balaban J connectivity index is 2.13. The molecule has 0 N–H and O–H groups in total. The fourth-order valence-electron chi connectivity index (χ4n) is 3.52. The number of esters is 1. The first-order valence-electron chi connectivity index (χ1n) is 8.74. The zero-order valence-electron chi connectivity index (χ0n) is 16.4. The minimum Gasteiger partial charge on any atom is -0.465 e. The lowest BCUT2D eigenvalue weighted by atomic mass is 9.98. The van der Waals surface area contributed by atoms with Gasteiger partial charge in [0.1, 0.15) is 0 Å². The van der Waals surface area contributed by atoms with Crippen molar-refractivity contribution in [1.29, 1.82) is 0 Å². The number of fused-ring (bicyclic) bond motifs is 1. The van der Waals surface area contributed by atoms with Crippen molar-refractivity contribution in [3.63, 3.8) is 0 Å². The van der Waals surface area contributed by atoms with Gasteiger partial charge in [0, 0.05) is 42.0 Å². The molecule has 148 valence electrons. The Morgan fingerprint density at radius 2 is 1.86 bits per heavy atom. The van der Waals surface area contributed by atoms with E-state index < -0.39 is 17.7 Å². The second-order valence-corrected chi connectivity index (χ2v) is 6.95. The lowest BCUT2D eigenvalue weighted by molar-refractivity contribution is -0.137. The van der Waals surface area contributed by atoms with E-state index >= 15 is 0 Å². The number of ether oxygens (including phenoxy) is 1. The fraction of sp³-hybridized carbons (Fsp3) is 0.333. The maximum absolute atomic E-state index is 13.2. The van der Waals surface area contributed by atoms with Gasteiger partial charge in [0.05, 0.1) is 18.2 Å². The zero-order valence-corrected chi connectivity index (χ0v) is 16.4.